The van der Waals surface area contributed by atoms with Crippen LogP contribution in [0.5, 0.6) is 0 Å². The van der Waals surface area contributed by atoms with Crippen LogP contribution in [0.4, 0.5) is 20.7 Å². The lowest BCUT2D eigenvalue weighted by Gasteiger charge is -2.18. The molecular formula is C22H27FN6O. The second kappa shape index (κ2) is 9.98. The van der Waals surface area contributed by atoms with Crippen LogP contribution >= 0.6 is 0 Å². The van der Waals surface area contributed by atoms with E-state index in [-0.39, 0.29) is 18.4 Å². The number of carbonyl (C=O) groups is 1. The Morgan fingerprint density at radius 1 is 1.03 bits per heavy atom. The van der Waals surface area contributed by atoms with E-state index in [4.69, 9.17) is 0 Å². The number of nitrogens with one attached hydrogen (secondary N) is 2. The van der Waals surface area contributed by atoms with Crippen molar-refractivity contribution in [2.75, 3.05) is 44.9 Å². The van der Waals surface area contributed by atoms with Gasteiger partial charge in [0.25, 0.3) is 0 Å². The number of halogens is 1. The van der Waals surface area contributed by atoms with Crippen LogP contribution in [0, 0.1) is 5.82 Å². The summed E-state index contributed by atoms with van der Waals surface area (Å²) in [5, 5.41) is 7.09. The summed E-state index contributed by atoms with van der Waals surface area (Å²) in [6.45, 7) is 2.01. The van der Waals surface area contributed by atoms with Crippen molar-refractivity contribution < 1.29 is 9.18 Å². The highest BCUT2D eigenvalue weighted by atomic mass is 19.1. The summed E-state index contributed by atoms with van der Waals surface area (Å²) in [6.07, 6.45) is 0.987. The summed E-state index contributed by atoms with van der Waals surface area (Å²) in [5.74, 6) is 0.957. The minimum atomic E-state index is -0.350. The van der Waals surface area contributed by atoms with Crippen molar-refractivity contribution in [1.29, 1.82) is 0 Å². The van der Waals surface area contributed by atoms with E-state index >= 15 is 0 Å². The summed E-state index contributed by atoms with van der Waals surface area (Å²) < 4.78 is 13.0. The van der Waals surface area contributed by atoms with Crippen LogP contribution in [0.3, 0.4) is 0 Å². The van der Waals surface area contributed by atoms with Crippen LogP contribution < -0.4 is 10.6 Å². The molecule has 2 amide bonds. The Kier molecular flexibility index (Phi) is 7.13. The number of fused-ring (bicyclic) bond motifs is 1. The predicted octanol–water partition coefficient (Wildman–Crippen LogP) is 3.80. The predicted molar refractivity (Wildman–Crippen MR) is 118 cm³/mol. The Balaban J connectivity index is 1.71. The van der Waals surface area contributed by atoms with Gasteiger partial charge in [0.15, 0.2) is 5.82 Å². The third kappa shape index (κ3) is 5.87. The highest BCUT2D eigenvalue weighted by molar-refractivity contribution is 5.90. The van der Waals surface area contributed by atoms with Gasteiger partial charge in [0.1, 0.15) is 11.6 Å². The van der Waals surface area contributed by atoms with E-state index in [1.807, 2.05) is 38.4 Å². The first kappa shape index (κ1) is 21.4. The number of anilines is 2. The molecule has 0 saturated heterocycles. The maximum absolute atomic E-state index is 13.0. The number of carbonyl (C=O) groups excluding carboxylic acids is 1. The number of urea groups is 1. The molecule has 158 valence electrons. The fourth-order valence-electron chi connectivity index (χ4n) is 2.97. The third-order valence-electron chi connectivity index (χ3n) is 4.54. The number of rotatable bonds is 8. The zero-order valence-electron chi connectivity index (χ0n) is 17.5. The topological polar surface area (TPSA) is 73.4 Å². The number of para-hydroxylation sites is 1. The lowest BCUT2D eigenvalue weighted by Crippen LogP contribution is -2.31. The van der Waals surface area contributed by atoms with Gasteiger partial charge in [-0.3, -0.25) is 0 Å². The summed E-state index contributed by atoms with van der Waals surface area (Å²) in [6, 6.07) is 13.1. The minimum Gasteiger partial charge on any atom is -0.369 e. The molecule has 2 N–H and O–H groups in total. The third-order valence-corrected chi connectivity index (χ3v) is 4.54. The van der Waals surface area contributed by atoms with E-state index in [1.165, 1.54) is 29.2 Å². The molecule has 0 aliphatic heterocycles. The average Bonchev–Trinajstić information content (AvgIpc) is 2.72. The van der Waals surface area contributed by atoms with Gasteiger partial charge in [-0.1, -0.05) is 12.1 Å². The second-order valence-corrected chi connectivity index (χ2v) is 7.38. The molecule has 8 heteroatoms. The van der Waals surface area contributed by atoms with Gasteiger partial charge in [-0.15, -0.1) is 0 Å². The fourth-order valence-corrected chi connectivity index (χ4v) is 2.97. The standard InChI is InChI=1S/C22H27FN6O/c1-28(2)14-6-13-24-21-18-7-4-5-8-19(18)26-20(27-21)15-29(3)22(30)25-17-11-9-16(23)10-12-17/h4-5,7-12H,6,13-15H2,1-3H3,(H,25,30)(H,24,26,27). The van der Waals surface area contributed by atoms with Gasteiger partial charge < -0.3 is 20.4 Å². The molecule has 7 nitrogen and oxygen atoms in total. The molecule has 1 heterocycles. The lowest BCUT2D eigenvalue weighted by atomic mass is 10.2. The molecule has 0 bridgehead atoms. The van der Waals surface area contributed by atoms with Gasteiger partial charge in [-0.25, -0.2) is 19.2 Å². The van der Waals surface area contributed by atoms with Crippen LogP contribution in [0.1, 0.15) is 12.2 Å². The molecule has 0 saturated carbocycles. The monoisotopic (exact) mass is 410 g/mol. The molecule has 0 aliphatic carbocycles. The number of hydrogen-bond donors (Lipinski definition) is 2. The van der Waals surface area contributed by atoms with Crippen molar-refractivity contribution in [3.63, 3.8) is 0 Å². The highest BCUT2D eigenvalue weighted by Crippen LogP contribution is 2.20. The number of amides is 2. The zero-order valence-corrected chi connectivity index (χ0v) is 17.5. The van der Waals surface area contributed by atoms with E-state index in [1.54, 1.807) is 7.05 Å². The second-order valence-electron chi connectivity index (χ2n) is 7.38. The molecular weight excluding hydrogens is 383 g/mol. The normalized spacial score (nSPS) is 11.0. The molecule has 30 heavy (non-hydrogen) atoms. The number of benzene rings is 2. The SMILES string of the molecule is CN(C)CCCNc1nc(CN(C)C(=O)Nc2ccc(F)cc2)nc2ccccc12. The molecule has 3 aromatic rings. The number of hydrogen-bond acceptors (Lipinski definition) is 5. The van der Waals surface area contributed by atoms with Gasteiger partial charge in [0.05, 0.1) is 12.1 Å². The molecule has 0 fully saturated rings. The van der Waals surface area contributed by atoms with Crippen LogP contribution in [-0.4, -0.2) is 60.0 Å². The van der Waals surface area contributed by atoms with Crippen molar-refractivity contribution in [1.82, 2.24) is 19.8 Å². The summed E-state index contributed by atoms with van der Waals surface area (Å²) in [4.78, 5) is 25.4. The van der Waals surface area contributed by atoms with Gasteiger partial charge in [0, 0.05) is 24.7 Å². The van der Waals surface area contributed by atoms with E-state index < -0.39 is 0 Å². The first-order valence-corrected chi connectivity index (χ1v) is 9.84. The Morgan fingerprint density at radius 3 is 2.50 bits per heavy atom. The Labute approximate surface area is 175 Å². The molecule has 1 aromatic heterocycles. The van der Waals surface area contributed by atoms with Crippen LogP contribution in [0.15, 0.2) is 48.5 Å². The van der Waals surface area contributed by atoms with E-state index in [0.29, 0.717) is 11.5 Å². The van der Waals surface area contributed by atoms with Gasteiger partial charge in [-0.05, 0) is 63.5 Å². The lowest BCUT2D eigenvalue weighted by molar-refractivity contribution is 0.219. The smallest absolute Gasteiger partial charge is 0.321 e. The highest BCUT2D eigenvalue weighted by Gasteiger charge is 2.14. The van der Waals surface area contributed by atoms with Crippen LogP contribution in [-0.2, 0) is 6.54 Å². The Bertz CT molecular complexity index is 993. The maximum Gasteiger partial charge on any atom is 0.321 e. The van der Waals surface area contributed by atoms with Crippen molar-refractivity contribution in [3.05, 3.63) is 60.2 Å². The van der Waals surface area contributed by atoms with Crippen molar-refractivity contribution in [2.45, 2.75) is 13.0 Å². The maximum atomic E-state index is 13.0. The molecule has 2 aromatic carbocycles. The van der Waals surface area contributed by atoms with E-state index in [0.717, 1.165) is 36.2 Å². The fraction of sp³-hybridized carbons (Fsp3) is 0.318. The Hall–Kier alpha value is -3.26. The van der Waals surface area contributed by atoms with Gasteiger partial charge >= 0.3 is 6.03 Å². The van der Waals surface area contributed by atoms with Crippen molar-refractivity contribution >= 4 is 28.4 Å². The number of aromatic nitrogens is 2. The summed E-state index contributed by atoms with van der Waals surface area (Å²) >= 11 is 0. The zero-order chi connectivity index (χ0) is 21.5. The molecule has 3 rings (SSSR count). The molecule has 0 spiro atoms. The molecule has 0 unspecified atom stereocenters. The minimum absolute atomic E-state index is 0.240. The summed E-state index contributed by atoms with van der Waals surface area (Å²) in [7, 11) is 5.76. The molecule has 0 radical (unpaired) electrons. The average molecular weight is 410 g/mol. The van der Waals surface area contributed by atoms with Gasteiger partial charge in [-0.2, -0.15) is 0 Å². The first-order chi connectivity index (χ1) is 14.4. The summed E-state index contributed by atoms with van der Waals surface area (Å²) in [5.41, 5.74) is 1.35. The number of nitrogens with zero attached hydrogens (tertiary/aromatic N) is 4. The first-order valence-electron chi connectivity index (χ1n) is 9.84. The van der Waals surface area contributed by atoms with Crippen LogP contribution in [0.2, 0.25) is 0 Å². The van der Waals surface area contributed by atoms with Gasteiger partial charge in [0.2, 0.25) is 0 Å². The largest absolute Gasteiger partial charge is 0.369 e. The van der Waals surface area contributed by atoms with Crippen molar-refractivity contribution in [3.8, 4) is 0 Å². The quantitative estimate of drug-likeness (QED) is 0.553. The van der Waals surface area contributed by atoms with E-state index in [9.17, 15) is 9.18 Å². The molecule has 0 aliphatic rings. The van der Waals surface area contributed by atoms with Crippen molar-refractivity contribution in [2.24, 2.45) is 0 Å². The van der Waals surface area contributed by atoms with Crippen LogP contribution in [0.25, 0.3) is 10.9 Å². The van der Waals surface area contributed by atoms with E-state index in [2.05, 4.69) is 25.5 Å². The molecule has 0 atom stereocenters. The Morgan fingerprint density at radius 2 is 1.77 bits per heavy atom.